The van der Waals surface area contributed by atoms with Gasteiger partial charge in [0.15, 0.2) is 5.43 Å². The minimum Gasteiger partial charge on any atom is -0.506 e. The molecule has 5 heteroatoms. The van der Waals surface area contributed by atoms with Gasteiger partial charge in [0, 0.05) is 29.6 Å². The number of hydrogen-bond donors (Lipinski definition) is 1. The van der Waals surface area contributed by atoms with Gasteiger partial charge in [-0.05, 0) is 23.3 Å². The number of hydrogen-bond acceptors (Lipinski definition) is 3. The first-order valence-corrected chi connectivity index (χ1v) is 9.11. The third-order valence-electron chi connectivity index (χ3n) is 5.24. The third kappa shape index (κ3) is 2.55. The van der Waals surface area contributed by atoms with Crippen molar-refractivity contribution in [3.63, 3.8) is 0 Å². The predicted molar refractivity (Wildman–Crippen MR) is 111 cm³/mol. The average molecular weight is 385 g/mol. The lowest BCUT2D eigenvalue weighted by molar-refractivity contribution is 0.419. The van der Waals surface area contributed by atoms with E-state index in [1.54, 1.807) is 18.3 Å². The molecular weight excluding hydrogens is 369 g/mol. The lowest BCUT2D eigenvalue weighted by atomic mass is 10.00. The van der Waals surface area contributed by atoms with Crippen molar-refractivity contribution in [2.24, 2.45) is 0 Å². The van der Waals surface area contributed by atoms with Gasteiger partial charge in [-0.1, -0.05) is 42.5 Å². The molecule has 0 bridgehead atoms. The molecule has 0 amide bonds. The van der Waals surface area contributed by atoms with Gasteiger partial charge >= 0.3 is 0 Å². The fourth-order valence-electron chi connectivity index (χ4n) is 3.91. The van der Waals surface area contributed by atoms with Crippen LogP contribution in [0.1, 0.15) is 0 Å². The molecule has 142 valence electrons. The first kappa shape index (κ1) is 17.3. The van der Waals surface area contributed by atoms with E-state index in [1.807, 2.05) is 40.9 Å². The van der Waals surface area contributed by atoms with E-state index < -0.39 is 0 Å². The van der Waals surface area contributed by atoms with Crippen LogP contribution < -0.4 is 10.2 Å². The van der Waals surface area contributed by atoms with Gasteiger partial charge in [0.2, 0.25) is 0 Å². The highest BCUT2D eigenvalue weighted by molar-refractivity contribution is 6.11. The van der Waals surface area contributed by atoms with Gasteiger partial charge in [0.1, 0.15) is 17.3 Å². The highest BCUT2D eigenvalue weighted by atomic mass is 19.1. The van der Waals surface area contributed by atoms with Crippen molar-refractivity contribution in [1.29, 1.82) is 0 Å². The largest absolute Gasteiger partial charge is 0.506 e. The van der Waals surface area contributed by atoms with Crippen molar-refractivity contribution in [2.45, 2.75) is 0 Å². The van der Waals surface area contributed by atoms with E-state index in [0.717, 1.165) is 16.7 Å². The molecule has 2 heterocycles. The van der Waals surface area contributed by atoms with Crippen molar-refractivity contribution in [1.82, 2.24) is 4.40 Å². The Labute approximate surface area is 165 Å². The summed E-state index contributed by atoms with van der Waals surface area (Å²) in [7, 11) is 1.50. The SMILES string of the molecule is COc1cc(=O)c2c(O)c(-c3ccccc3)cn3cc(-c4ccc(F)cc4)c1c23. The van der Waals surface area contributed by atoms with Crippen LogP contribution in [0, 0.1) is 5.82 Å². The van der Waals surface area contributed by atoms with Crippen molar-refractivity contribution in [3.05, 3.63) is 89.1 Å². The molecule has 0 saturated heterocycles. The molecule has 0 radical (unpaired) electrons. The summed E-state index contributed by atoms with van der Waals surface area (Å²) in [5, 5.41) is 11.9. The molecule has 0 saturated carbocycles. The van der Waals surface area contributed by atoms with Gasteiger partial charge < -0.3 is 14.2 Å². The summed E-state index contributed by atoms with van der Waals surface area (Å²) in [5.41, 5.74) is 3.19. The number of benzene rings is 3. The molecule has 5 rings (SSSR count). The molecule has 29 heavy (non-hydrogen) atoms. The molecular formula is C24H16FNO3. The number of aromatic hydroxyl groups is 1. The molecule has 0 aliphatic carbocycles. The summed E-state index contributed by atoms with van der Waals surface area (Å²) in [4.78, 5) is 12.9. The Morgan fingerprint density at radius 1 is 0.897 bits per heavy atom. The van der Waals surface area contributed by atoms with E-state index in [9.17, 15) is 14.3 Å². The van der Waals surface area contributed by atoms with Crippen LogP contribution in [-0.4, -0.2) is 16.6 Å². The Morgan fingerprint density at radius 3 is 2.24 bits per heavy atom. The van der Waals surface area contributed by atoms with Gasteiger partial charge in [-0.15, -0.1) is 0 Å². The first-order valence-electron chi connectivity index (χ1n) is 9.11. The molecule has 3 aromatic carbocycles. The second-order valence-corrected chi connectivity index (χ2v) is 6.89. The number of nitrogens with zero attached hydrogens (tertiary/aromatic N) is 1. The maximum Gasteiger partial charge on any atom is 0.195 e. The van der Waals surface area contributed by atoms with Gasteiger partial charge in [0.05, 0.1) is 23.4 Å². The Bertz CT molecular complexity index is 1410. The smallest absolute Gasteiger partial charge is 0.195 e. The summed E-state index contributed by atoms with van der Waals surface area (Å²) in [5.74, 6) is 0.0230. The van der Waals surface area contributed by atoms with Gasteiger partial charge in [-0.3, -0.25) is 4.79 Å². The van der Waals surface area contributed by atoms with Crippen molar-refractivity contribution < 1.29 is 14.2 Å². The maximum atomic E-state index is 13.4. The number of pyridine rings is 1. The van der Waals surface area contributed by atoms with E-state index in [0.29, 0.717) is 22.2 Å². The Balaban J connectivity index is 1.94. The molecule has 1 N–H and O–H groups in total. The van der Waals surface area contributed by atoms with Crippen LogP contribution in [0.4, 0.5) is 4.39 Å². The predicted octanol–water partition coefficient (Wildman–Crippen LogP) is 5.08. The minimum absolute atomic E-state index is 0.0647. The van der Waals surface area contributed by atoms with E-state index in [4.69, 9.17) is 4.74 Å². The number of rotatable bonds is 3. The number of halogens is 1. The molecule has 0 spiro atoms. The number of methoxy groups -OCH3 is 1. The van der Waals surface area contributed by atoms with E-state index in [1.165, 1.54) is 25.3 Å². The van der Waals surface area contributed by atoms with Gasteiger partial charge in [-0.25, -0.2) is 4.39 Å². The zero-order valence-corrected chi connectivity index (χ0v) is 15.5. The summed E-state index contributed by atoms with van der Waals surface area (Å²) >= 11 is 0. The van der Waals surface area contributed by atoms with Gasteiger partial charge in [0.25, 0.3) is 0 Å². The molecule has 5 aromatic rings. The molecule has 4 nitrogen and oxygen atoms in total. The van der Waals surface area contributed by atoms with E-state index in [-0.39, 0.29) is 22.4 Å². The van der Waals surface area contributed by atoms with Crippen molar-refractivity contribution in [3.8, 4) is 33.8 Å². The number of aromatic nitrogens is 1. The Morgan fingerprint density at radius 2 is 1.55 bits per heavy atom. The molecule has 2 aromatic heterocycles. The quantitative estimate of drug-likeness (QED) is 0.471. The van der Waals surface area contributed by atoms with Crippen LogP contribution in [0.5, 0.6) is 11.5 Å². The first-order chi connectivity index (χ1) is 14.1. The normalized spacial score (nSPS) is 11.4. The third-order valence-corrected chi connectivity index (χ3v) is 5.24. The topological polar surface area (TPSA) is 50.9 Å². The summed E-state index contributed by atoms with van der Waals surface area (Å²) in [6, 6.07) is 16.9. The Kier molecular flexibility index (Phi) is 3.77. The highest BCUT2D eigenvalue weighted by Gasteiger charge is 2.22. The molecule has 0 atom stereocenters. The Hall–Kier alpha value is -3.86. The molecule has 0 unspecified atom stereocenters. The van der Waals surface area contributed by atoms with Crippen molar-refractivity contribution >= 4 is 16.3 Å². The lowest BCUT2D eigenvalue weighted by Crippen LogP contribution is -2.04. The summed E-state index contributed by atoms with van der Waals surface area (Å²) in [6.07, 6.45) is 3.67. The zero-order valence-electron chi connectivity index (χ0n) is 15.5. The minimum atomic E-state index is -0.325. The summed E-state index contributed by atoms with van der Waals surface area (Å²) < 4.78 is 20.7. The second kappa shape index (κ2) is 6.34. The van der Waals surface area contributed by atoms with E-state index >= 15 is 0 Å². The molecule has 0 aliphatic rings. The average Bonchev–Trinajstić information content (AvgIpc) is 3.12. The van der Waals surface area contributed by atoms with Gasteiger partial charge in [-0.2, -0.15) is 0 Å². The number of ether oxygens (including phenoxy) is 1. The highest BCUT2D eigenvalue weighted by Crippen LogP contribution is 2.43. The van der Waals surface area contributed by atoms with Crippen LogP contribution in [0.2, 0.25) is 0 Å². The maximum absolute atomic E-state index is 13.4. The zero-order chi connectivity index (χ0) is 20.1. The second-order valence-electron chi connectivity index (χ2n) is 6.89. The van der Waals surface area contributed by atoms with Crippen molar-refractivity contribution in [2.75, 3.05) is 7.11 Å². The van der Waals surface area contributed by atoms with Crippen LogP contribution >= 0.6 is 0 Å². The molecule has 0 aliphatic heterocycles. The van der Waals surface area contributed by atoms with E-state index in [2.05, 4.69) is 0 Å². The van der Waals surface area contributed by atoms with Crippen LogP contribution in [0.25, 0.3) is 38.5 Å². The standard InChI is InChI=1S/C24H16FNO3/c1-29-20-11-19(27)22-23-21(20)17(15-7-9-16(25)10-8-15)12-26(23)13-18(24(22)28)14-5-3-2-4-6-14/h2-13,28H,1H3. The molecule has 0 fully saturated rings. The fourth-order valence-corrected chi connectivity index (χ4v) is 3.91. The van der Waals surface area contributed by atoms with Crippen LogP contribution in [0.15, 0.2) is 77.9 Å². The van der Waals surface area contributed by atoms with Crippen LogP contribution in [-0.2, 0) is 0 Å². The monoisotopic (exact) mass is 385 g/mol. The van der Waals surface area contributed by atoms with Crippen LogP contribution in [0.3, 0.4) is 0 Å². The fraction of sp³-hybridized carbons (Fsp3) is 0.0417. The summed E-state index contributed by atoms with van der Waals surface area (Å²) in [6.45, 7) is 0. The lowest BCUT2D eigenvalue weighted by Gasteiger charge is -2.11.